The van der Waals surface area contributed by atoms with Crippen molar-refractivity contribution in [2.24, 2.45) is 0 Å². The zero-order valence-corrected chi connectivity index (χ0v) is 14.8. The number of carbonyl (C=O) groups excluding carboxylic acids is 2. The summed E-state index contributed by atoms with van der Waals surface area (Å²) < 4.78 is 0. The summed E-state index contributed by atoms with van der Waals surface area (Å²) in [5.41, 5.74) is 1.28. The van der Waals surface area contributed by atoms with E-state index in [0.29, 0.717) is 12.2 Å². The molecule has 2 rings (SSSR count). The van der Waals surface area contributed by atoms with Gasteiger partial charge in [0.15, 0.2) is 5.69 Å². The van der Waals surface area contributed by atoms with Crippen LogP contribution in [-0.2, 0) is 11.3 Å². The van der Waals surface area contributed by atoms with Crippen LogP contribution in [0.25, 0.3) is 0 Å². The monoisotopic (exact) mass is 356 g/mol. The summed E-state index contributed by atoms with van der Waals surface area (Å²) in [6.07, 6.45) is 2.14. The van der Waals surface area contributed by atoms with Gasteiger partial charge in [0.05, 0.1) is 12.4 Å². The number of carboxylic acids is 1. The van der Waals surface area contributed by atoms with Gasteiger partial charge in [0, 0.05) is 25.2 Å². The van der Waals surface area contributed by atoms with Gasteiger partial charge in [0.25, 0.3) is 5.91 Å². The molecule has 0 saturated heterocycles. The minimum absolute atomic E-state index is 0.000705. The fourth-order valence-corrected chi connectivity index (χ4v) is 2.30. The zero-order valence-electron chi connectivity index (χ0n) is 14.8. The van der Waals surface area contributed by atoms with Crippen LogP contribution < -0.4 is 5.32 Å². The molecule has 1 heterocycles. The average Bonchev–Trinajstić information content (AvgIpc) is 2.60. The smallest absolute Gasteiger partial charge is 0.356 e. The predicted octanol–water partition coefficient (Wildman–Crippen LogP) is 2.18. The van der Waals surface area contributed by atoms with Crippen molar-refractivity contribution in [3.05, 3.63) is 53.6 Å². The van der Waals surface area contributed by atoms with E-state index in [2.05, 4.69) is 15.3 Å². The van der Waals surface area contributed by atoms with Crippen LogP contribution in [0.3, 0.4) is 0 Å². The molecule has 8 heteroatoms. The molecule has 1 aromatic carbocycles. The number of benzene rings is 1. The number of nitrogens with zero attached hydrogens (tertiary/aromatic N) is 3. The minimum Gasteiger partial charge on any atom is -0.476 e. The Morgan fingerprint density at radius 3 is 2.12 bits per heavy atom. The summed E-state index contributed by atoms with van der Waals surface area (Å²) in [5.74, 6) is -1.70. The van der Waals surface area contributed by atoms with Crippen LogP contribution in [-0.4, -0.2) is 43.8 Å². The van der Waals surface area contributed by atoms with E-state index in [-0.39, 0.29) is 23.3 Å². The second-order valence-corrected chi connectivity index (χ2v) is 5.98. The molecular formula is C18H20N4O4. The number of hydrogen-bond acceptors (Lipinski definition) is 5. The third kappa shape index (κ3) is 4.85. The lowest BCUT2D eigenvalue weighted by Crippen LogP contribution is -2.34. The van der Waals surface area contributed by atoms with Gasteiger partial charge in [0.1, 0.15) is 5.69 Å². The number of nitrogens with one attached hydrogen (secondary N) is 1. The molecule has 0 unspecified atom stereocenters. The lowest BCUT2D eigenvalue weighted by Gasteiger charge is -2.25. The van der Waals surface area contributed by atoms with Crippen molar-refractivity contribution < 1.29 is 19.5 Å². The average molecular weight is 356 g/mol. The van der Waals surface area contributed by atoms with Crippen LogP contribution in [0.2, 0.25) is 0 Å². The lowest BCUT2D eigenvalue weighted by atomic mass is 10.1. The molecular weight excluding hydrogens is 336 g/mol. The minimum atomic E-state index is -1.21. The standard InChI is InChI=1S/C18H20N4O4/c1-11(2)22(12(3)23)10-13-4-6-14(7-5-13)21-17(24)15-8-20-16(9-19-15)18(25)26/h4-9,11H,10H2,1-3H3,(H,21,24)(H,25,26). The first-order valence-corrected chi connectivity index (χ1v) is 8.00. The first kappa shape index (κ1) is 19.0. The summed E-state index contributed by atoms with van der Waals surface area (Å²) in [5, 5.41) is 11.4. The van der Waals surface area contributed by atoms with Gasteiger partial charge in [-0.3, -0.25) is 9.59 Å². The predicted molar refractivity (Wildman–Crippen MR) is 94.7 cm³/mol. The number of carbonyl (C=O) groups is 3. The van der Waals surface area contributed by atoms with Gasteiger partial charge in [-0.05, 0) is 31.5 Å². The van der Waals surface area contributed by atoms with E-state index in [0.717, 1.165) is 18.0 Å². The second-order valence-electron chi connectivity index (χ2n) is 5.98. The number of rotatable bonds is 6. The fourth-order valence-electron chi connectivity index (χ4n) is 2.30. The van der Waals surface area contributed by atoms with Gasteiger partial charge in [0.2, 0.25) is 5.91 Å². The number of aromatic carboxylic acids is 1. The molecule has 0 bridgehead atoms. The molecule has 2 N–H and O–H groups in total. The SMILES string of the molecule is CC(=O)N(Cc1ccc(NC(=O)c2cnc(C(=O)O)cn2)cc1)C(C)C. The molecule has 0 aliphatic carbocycles. The second kappa shape index (κ2) is 8.19. The van der Waals surface area contributed by atoms with Gasteiger partial charge < -0.3 is 15.3 Å². The van der Waals surface area contributed by atoms with Crippen LogP contribution in [0.4, 0.5) is 5.69 Å². The van der Waals surface area contributed by atoms with Crippen molar-refractivity contribution in [2.75, 3.05) is 5.32 Å². The van der Waals surface area contributed by atoms with Gasteiger partial charge in [-0.1, -0.05) is 12.1 Å². The molecule has 8 nitrogen and oxygen atoms in total. The Kier molecular flexibility index (Phi) is 6.00. The maximum atomic E-state index is 12.1. The Morgan fingerprint density at radius 1 is 1.08 bits per heavy atom. The third-order valence-electron chi connectivity index (χ3n) is 3.70. The van der Waals surface area contributed by atoms with Crippen LogP contribution in [0, 0.1) is 0 Å². The van der Waals surface area contributed by atoms with Crippen molar-refractivity contribution in [2.45, 2.75) is 33.4 Å². The van der Waals surface area contributed by atoms with E-state index < -0.39 is 11.9 Å². The Hall–Kier alpha value is -3.29. The number of amides is 2. The first-order valence-electron chi connectivity index (χ1n) is 8.00. The maximum absolute atomic E-state index is 12.1. The molecule has 0 fully saturated rings. The van der Waals surface area contributed by atoms with E-state index in [9.17, 15) is 14.4 Å². The molecule has 0 aliphatic heterocycles. The molecule has 0 spiro atoms. The quantitative estimate of drug-likeness (QED) is 0.820. The van der Waals surface area contributed by atoms with E-state index >= 15 is 0 Å². The molecule has 0 aliphatic rings. The number of carboxylic acid groups (broad SMARTS) is 1. The third-order valence-corrected chi connectivity index (χ3v) is 3.70. The first-order chi connectivity index (χ1) is 12.3. The van der Waals surface area contributed by atoms with Crippen molar-refractivity contribution in [1.82, 2.24) is 14.9 Å². The Balaban J connectivity index is 2.03. The van der Waals surface area contributed by atoms with E-state index in [1.807, 2.05) is 26.0 Å². The Bertz CT molecular complexity index is 801. The van der Waals surface area contributed by atoms with Gasteiger partial charge in [-0.25, -0.2) is 14.8 Å². The molecule has 1 aromatic heterocycles. The summed E-state index contributed by atoms with van der Waals surface area (Å²) in [4.78, 5) is 43.7. The lowest BCUT2D eigenvalue weighted by molar-refractivity contribution is -0.131. The van der Waals surface area contributed by atoms with Crippen molar-refractivity contribution in [3.8, 4) is 0 Å². The summed E-state index contributed by atoms with van der Waals surface area (Å²) in [6.45, 7) is 5.92. The molecule has 26 heavy (non-hydrogen) atoms. The summed E-state index contributed by atoms with van der Waals surface area (Å²) in [7, 11) is 0. The normalized spacial score (nSPS) is 10.5. The largest absolute Gasteiger partial charge is 0.476 e. The van der Waals surface area contributed by atoms with Crippen LogP contribution in [0.15, 0.2) is 36.7 Å². The highest BCUT2D eigenvalue weighted by atomic mass is 16.4. The zero-order chi connectivity index (χ0) is 19.3. The fraction of sp³-hybridized carbons (Fsp3) is 0.278. The molecule has 136 valence electrons. The Morgan fingerprint density at radius 2 is 1.65 bits per heavy atom. The summed E-state index contributed by atoms with van der Waals surface area (Å²) in [6, 6.07) is 7.20. The van der Waals surface area contributed by atoms with Crippen LogP contribution in [0.5, 0.6) is 0 Å². The summed E-state index contributed by atoms with van der Waals surface area (Å²) >= 11 is 0. The van der Waals surface area contributed by atoms with E-state index in [1.165, 1.54) is 6.92 Å². The van der Waals surface area contributed by atoms with Crippen molar-refractivity contribution in [3.63, 3.8) is 0 Å². The van der Waals surface area contributed by atoms with E-state index in [4.69, 9.17) is 5.11 Å². The molecule has 2 aromatic rings. The number of aromatic nitrogens is 2. The van der Waals surface area contributed by atoms with Gasteiger partial charge in [-0.2, -0.15) is 0 Å². The topological polar surface area (TPSA) is 112 Å². The van der Waals surface area contributed by atoms with Crippen molar-refractivity contribution >= 4 is 23.5 Å². The van der Waals surface area contributed by atoms with Crippen LogP contribution >= 0.6 is 0 Å². The highest BCUT2D eigenvalue weighted by Crippen LogP contribution is 2.14. The Labute approximate surface area is 150 Å². The number of anilines is 1. The van der Waals surface area contributed by atoms with E-state index in [1.54, 1.807) is 17.0 Å². The highest BCUT2D eigenvalue weighted by Gasteiger charge is 2.14. The van der Waals surface area contributed by atoms with Gasteiger partial charge >= 0.3 is 5.97 Å². The van der Waals surface area contributed by atoms with Crippen molar-refractivity contribution in [1.29, 1.82) is 0 Å². The number of hydrogen-bond donors (Lipinski definition) is 2. The van der Waals surface area contributed by atoms with Crippen LogP contribution in [0.1, 0.15) is 47.3 Å². The molecule has 0 atom stereocenters. The maximum Gasteiger partial charge on any atom is 0.356 e. The molecule has 2 amide bonds. The molecule has 0 saturated carbocycles. The highest BCUT2D eigenvalue weighted by molar-refractivity contribution is 6.02. The van der Waals surface area contributed by atoms with Gasteiger partial charge in [-0.15, -0.1) is 0 Å². The molecule has 0 radical (unpaired) electrons.